The van der Waals surface area contributed by atoms with Crippen LogP contribution in [0.3, 0.4) is 0 Å². The first-order valence-electron chi connectivity index (χ1n) is 0. The van der Waals surface area contributed by atoms with Crippen molar-refractivity contribution < 1.29 is 67.3 Å². The second-order valence-corrected chi connectivity index (χ2v) is 0. The molecule has 0 N–H and O–H groups in total. The SMILES string of the molecule is [Gd+3].[O-2].[O-2].[O-2].[O-2].[O-2].[Sb+3].[Sn+4]. The van der Waals surface area contributed by atoms with Gasteiger partial charge in [0.1, 0.15) is 0 Å². The van der Waals surface area contributed by atoms with Crippen molar-refractivity contribution in [3.63, 3.8) is 0 Å². The monoisotopic (exact) mass is 479 g/mol. The molecule has 0 amide bonds. The van der Waals surface area contributed by atoms with Gasteiger partial charge >= 0.3 is 88.3 Å². The predicted octanol–water partition coefficient (Wildman–Crippen LogP) is -1.36. The van der Waals surface area contributed by atoms with Crippen LogP contribution in [-0.4, -0.2) is 48.3 Å². The minimum absolute atomic E-state index is 0. The Kier molecular flexibility index (Phi) is 1680. The van der Waals surface area contributed by atoms with Crippen LogP contribution in [0.15, 0.2) is 0 Å². The molecule has 47 valence electrons. The molecule has 0 heterocycles. The summed E-state index contributed by atoms with van der Waals surface area (Å²) in [6, 6.07) is 0. The summed E-state index contributed by atoms with van der Waals surface area (Å²) in [5.41, 5.74) is 0. The van der Waals surface area contributed by atoms with E-state index in [1.165, 1.54) is 0 Å². The minimum atomic E-state index is 0. The van der Waals surface area contributed by atoms with E-state index < -0.39 is 0 Å². The second-order valence-electron chi connectivity index (χ2n) is 0. The zero-order valence-corrected chi connectivity index (χ0v) is 11.0. The van der Waals surface area contributed by atoms with Gasteiger partial charge in [-0.05, 0) is 0 Å². The number of hydrogen-bond donors (Lipinski definition) is 0. The Morgan fingerprint density at radius 1 is 0.500 bits per heavy atom. The quantitative estimate of drug-likeness (QED) is 0.380. The topological polar surface area (TPSA) is 142 Å². The Morgan fingerprint density at radius 2 is 0.500 bits per heavy atom. The van der Waals surface area contributed by atoms with Crippen molar-refractivity contribution in [1.82, 2.24) is 0 Å². The van der Waals surface area contributed by atoms with Gasteiger partial charge in [-0.15, -0.1) is 0 Å². The van der Waals surface area contributed by atoms with Gasteiger partial charge in [0.15, 0.2) is 0 Å². The molecule has 0 saturated heterocycles. The number of rotatable bonds is 0. The average Bonchev–Trinajstić information content (AvgIpc) is 0. The fraction of sp³-hybridized carbons (Fsp3) is 0. The van der Waals surface area contributed by atoms with Crippen LogP contribution in [0.4, 0.5) is 0 Å². The van der Waals surface area contributed by atoms with Crippen LogP contribution in [0.25, 0.3) is 0 Å². The minimum Gasteiger partial charge on any atom is -2.00 e. The number of hydrogen-bond acceptors (Lipinski definition) is 0. The molecule has 5 nitrogen and oxygen atoms in total. The standard InChI is InChI=1S/Gd.5O.Sb.Sn/q+3;5*-2;+3;+4. The molecule has 0 aliphatic heterocycles. The van der Waals surface area contributed by atoms with Crippen LogP contribution in [0, 0.1) is 39.9 Å². The molecule has 0 fully saturated rings. The summed E-state index contributed by atoms with van der Waals surface area (Å²) in [6.45, 7) is 0. The average molecular weight is 478 g/mol. The molecule has 0 rings (SSSR count). The van der Waals surface area contributed by atoms with Gasteiger partial charge in [0.2, 0.25) is 0 Å². The van der Waals surface area contributed by atoms with Gasteiger partial charge in [-0.3, -0.25) is 0 Å². The van der Waals surface area contributed by atoms with Crippen molar-refractivity contribution in [2.75, 3.05) is 0 Å². The van der Waals surface area contributed by atoms with E-state index in [0.29, 0.717) is 0 Å². The summed E-state index contributed by atoms with van der Waals surface area (Å²) in [7, 11) is 0. The normalized spacial score (nSPS) is 0. The Labute approximate surface area is 114 Å². The molecule has 3 radical (unpaired) electrons. The summed E-state index contributed by atoms with van der Waals surface area (Å²) < 4.78 is 0. The van der Waals surface area contributed by atoms with Crippen molar-refractivity contribution in [3.8, 4) is 0 Å². The van der Waals surface area contributed by atoms with E-state index in [9.17, 15) is 0 Å². The maximum Gasteiger partial charge on any atom is 4.00 e. The van der Waals surface area contributed by atoms with Gasteiger partial charge < -0.3 is 27.4 Å². The van der Waals surface area contributed by atoms with E-state index in [0.717, 1.165) is 0 Å². The summed E-state index contributed by atoms with van der Waals surface area (Å²) in [4.78, 5) is 0. The van der Waals surface area contributed by atoms with Crippen LogP contribution in [0.2, 0.25) is 0 Å². The van der Waals surface area contributed by atoms with E-state index in [1.807, 2.05) is 0 Å². The van der Waals surface area contributed by atoms with Gasteiger partial charge in [-0.1, -0.05) is 0 Å². The zero-order chi connectivity index (χ0) is 0. The third kappa shape index (κ3) is 69.7. The molecule has 0 aliphatic rings. The first-order chi connectivity index (χ1) is 0. The summed E-state index contributed by atoms with van der Waals surface area (Å²) in [5, 5.41) is 0. The van der Waals surface area contributed by atoms with Crippen LogP contribution in [0.5, 0.6) is 0 Å². The van der Waals surface area contributed by atoms with Gasteiger partial charge in [0.05, 0.1) is 0 Å². The van der Waals surface area contributed by atoms with Gasteiger partial charge in [-0.2, -0.15) is 0 Å². The third-order valence-corrected chi connectivity index (χ3v) is 0. The summed E-state index contributed by atoms with van der Waals surface area (Å²) in [6.07, 6.45) is 0. The Bertz CT molecular complexity index is 12.4. The van der Waals surface area contributed by atoms with Crippen molar-refractivity contribution in [3.05, 3.63) is 0 Å². The maximum absolute atomic E-state index is 0. The molecule has 8 heteroatoms. The molecular weight excluding hydrogens is 478 g/mol. The van der Waals surface area contributed by atoms with Crippen molar-refractivity contribution >= 4 is 48.3 Å². The van der Waals surface area contributed by atoms with E-state index in [4.69, 9.17) is 0 Å². The molecule has 0 atom stereocenters. The molecule has 0 aromatic carbocycles. The Hall–Kier alpha value is 2.74. The van der Waals surface area contributed by atoms with Gasteiger partial charge in [0, 0.05) is 0 Å². The second kappa shape index (κ2) is 99.0. The van der Waals surface area contributed by atoms with E-state index in [-0.39, 0.29) is 116 Å². The van der Waals surface area contributed by atoms with Gasteiger partial charge in [-0.25, -0.2) is 0 Å². The van der Waals surface area contributed by atoms with Crippen LogP contribution in [-0.2, 0) is 27.4 Å². The molecule has 0 aromatic heterocycles. The fourth-order valence-corrected chi connectivity index (χ4v) is 0. The molecule has 8 heavy (non-hydrogen) atoms. The van der Waals surface area contributed by atoms with E-state index in [2.05, 4.69) is 0 Å². The van der Waals surface area contributed by atoms with Crippen molar-refractivity contribution in [2.24, 2.45) is 0 Å². The summed E-state index contributed by atoms with van der Waals surface area (Å²) >= 11 is 0. The van der Waals surface area contributed by atoms with E-state index >= 15 is 0 Å². The largest absolute Gasteiger partial charge is 4.00 e. The van der Waals surface area contributed by atoms with Crippen molar-refractivity contribution in [1.29, 1.82) is 0 Å². The van der Waals surface area contributed by atoms with Crippen molar-refractivity contribution in [2.45, 2.75) is 0 Å². The molecule has 0 unspecified atom stereocenters. The Balaban J connectivity index is 0. The first-order valence-corrected chi connectivity index (χ1v) is 0. The third-order valence-electron chi connectivity index (χ3n) is 0. The predicted molar refractivity (Wildman–Crippen MR) is 14.9 cm³/mol. The summed E-state index contributed by atoms with van der Waals surface area (Å²) in [5.74, 6) is 0. The first kappa shape index (κ1) is 136. The maximum atomic E-state index is 0. The fourth-order valence-electron chi connectivity index (χ4n) is 0. The zero-order valence-electron chi connectivity index (χ0n) is 3.34. The molecule has 0 aromatic rings. The van der Waals surface area contributed by atoms with Crippen LogP contribution >= 0.6 is 0 Å². The smallest absolute Gasteiger partial charge is 2.00 e. The molecule has 0 saturated carbocycles. The van der Waals surface area contributed by atoms with Crippen LogP contribution < -0.4 is 0 Å². The van der Waals surface area contributed by atoms with Gasteiger partial charge in [0.25, 0.3) is 0 Å². The van der Waals surface area contributed by atoms with Crippen LogP contribution in [0.1, 0.15) is 0 Å². The molecule has 0 aliphatic carbocycles. The Morgan fingerprint density at radius 3 is 0.500 bits per heavy atom. The molecular formula is GdO5SbSn. The molecule has 0 bridgehead atoms. The molecule has 0 spiro atoms. The van der Waals surface area contributed by atoms with E-state index in [1.54, 1.807) is 0 Å².